The highest BCUT2D eigenvalue weighted by Crippen LogP contribution is 2.00. The van der Waals surface area contributed by atoms with Crippen molar-refractivity contribution in [1.29, 1.82) is 0 Å². The van der Waals surface area contributed by atoms with Crippen LogP contribution in [-0.4, -0.2) is 16.0 Å². The fourth-order valence-electron chi connectivity index (χ4n) is 1.32. The largest absolute Gasteiger partial charge is 0.345 e. The third-order valence-corrected chi connectivity index (χ3v) is 2.19. The van der Waals surface area contributed by atoms with E-state index in [1.807, 2.05) is 13.1 Å². The molecule has 14 heavy (non-hydrogen) atoms. The predicted octanol–water partition coefficient (Wildman–Crippen LogP) is 1.61. The first kappa shape index (κ1) is 10.8. The molecule has 0 fully saturated rings. The fraction of sp³-hybridized carbons (Fsp3) is 0.545. The van der Waals surface area contributed by atoms with Crippen molar-refractivity contribution < 1.29 is 0 Å². The summed E-state index contributed by atoms with van der Waals surface area (Å²) in [5.74, 6) is 3.62. The number of nitrogens with zero attached hydrogens (tertiary/aromatic N) is 1. The van der Waals surface area contributed by atoms with Crippen molar-refractivity contribution in [3.05, 3.63) is 17.7 Å². The number of aromatic nitrogens is 2. The van der Waals surface area contributed by atoms with E-state index in [0.717, 1.165) is 30.9 Å². The average Bonchev–Trinajstić information content (AvgIpc) is 2.59. The quantitative estimate of drug-likeness (QED) is 0.694. The molecule has 0 aromatic carbocycles. The first-order valence-corrected chi connectivity index (χ1v) is 4.93. The van der Waals surface area contributed by atoms with Crippen LogP contribution in [0.25, 0.3) is 0 Å². The molecule has 3 nitrogen and oxygen atoms in total. The number of hydrogen-bond donors (Lipinski definition) is 2. The second-order valence-electron chi connectivity index (χ2n) is 3.39. The van der Waals surface area contributed by atoms with Gasteiger partial charge >= 0.3 is 0 Å². The number of hydrogen-bond acceptors (Lipinski definition) is 2. The number of aryl methyl sites for hydroxylation is 1. The third kappa shape index (κ3) is 3.23. The highest BCUT2D eigenvalue weighted by molar-refractivity contribution is 5.00. The molecule has 2 N–H and O–H groups in total. The molecule has 0 spiro atoms. The lowest BCUT2D eigenvalue weighted by Crippen LogP contribution is -2.27. The van der Waals surface area contributed by atoms with Gasteiger partial charge in [-0.15, -0.1) is 12.3 Å². The predicted molar refractivity (Wildman–Crippen MR) is 57.7 cm³/mol. The van der Waals surface area contributed by atoms with Gasteiger partial charge in [-0.25, -0.2) is 4.98 Å². The Balaban J connectivity index is 2.36. The summed E-state index contributed by atoms with van der Waals surface area (Å²) in [7, 11) is 0. The van der Waals surface area contributed by atoms with Gasteiger partial charge in [0.25, 0.3) is 0 Å². The smallest absolute Gasteiger partial charge is 0.103 e. The maximum absolute atomic E-state index is 5.27. The lowest BCUT2D eigenvalue weighted by Gasteiger charge is -2.12. The summed E-state index contributed by atoms with van der Waals surface area (Å²) in [4.78, 5) is 7.30. The van der Waals surface area contributed by atoms with Crippen LogP contribution in [0.5, 0.6) is 0 Å². The topological polar surface area (TPSA) is 40.7 Å². The van der Waals surface area contributed by atoms with Gasteiger partial charge in [-0.05, 0) is 13.3 Å². The summed E-state index contributed by atoms with van der Waals surface area (Å²) in [6.07, 6.45) is 8.95. The summed E-state index contributed by atoms with van der Waals surface area (Å²) in [6.45, 7) is 4.89. The van der Waals surface area contributed by atoms with Crippen molar-refractivity contribution in [2.75, 3.05) is 0 Å². The Morgan fingerprint density at radius 2 is 2.50 bits per heavy atom. The van der Waals surface area contributed by atoms with Crippen molar-refractivity contribution in [2.24, 2.45) is 0 Å². The van der Waals surface area contributed by atoms with Gasteiger partial charge in [0, 0.05) is 30.9 Å². The first-order chi connectivity index (χ1) is 6.76. The first-order valence-electron chi connectivity index (χ1n) is 4.93. The Morgan fingerprint density at radius 3 is 3.00 bits per heavy atom. The van der Waals surface area contributed by atoms with Crippen molar-refractivity contribution in [3.63, 3.8) is 0 Å². The van der Waals surface area contributed by atoms with Gasteiger partial charge in [-0.3, -0.25) is 0 Å². The lowest BCUT2D eigenvalue weighted by atomic mass is 10.1. The van der Waals surface area contributed by atoms with Gasteiger partial charge in [0.05, 0.1) is 0 Å². The van der Waals surface area contributed by atoms with Gasteiger partial charge < -0.3 is 10.3 Å². The molecule has 0 saturated carbocycles. The number of terminal acetylenes is 1. The van der Waals surface area contributed by atoms with E-state index < -0.39 is 0 Å². The van der Waals surface area contributed by atoms with Crippen molar-refractivity contribution >= 4 is 0 Å². The minimum absolute atomic E-state index is 0.406. The number of imidazole rings is 1. The molecule has 1 aromatic heterocycles. The fourth-order valence-corrected chi connectivity index (χ4v) is 1.32. The monoisotopic (exact) mass is 191 g/mol. The summed E-state index contributed by atoms with van der Waals surface area (Å²) in [5.41, 5.74) is 1.11. The molecule has 0 radical (unpaired) electrons. The second kappa shape index (κ2) is 5.46. The minimum Gasteiger partial charge on any atom is -0.345 e. The van der Waals surface area contributed by atoms with Crippen LogP contribution in [0, 0.1) is 19.3 Å². The average molecular weight is 191 g/mol. The molecule has 0 amide bonds. The molecule has 1 atom stereocenters. The van der Waals surface area contributed by atoms with E-state index in [9.17, 15) is 0 Å². The second-order valence-corrected chi connectivity index (χ2v) is 3.39. The molecule has 0 aliphatic heterocycles. The van der Waals surface area contributed by atoms with Crippen LogP contribution in [0.2, 0.25) is 0 Å². The lowest BCUT2D eigenvalue weighted by molar-refractivity contribution is 0.503. The van der Waals surface area contributed by atoms with E-state index in [-0.39, 0.29) is 0 Å². The molecule has 0 aliphatic rings. The summed E-state index contributed by atoms with van der Waals surface area (Å²) >= 11 is 0. The van der Waals surface area contributed by atoms with Crippen LogP contribution in [-0.2, 0) is 6.54 Å². The summed E-state index contributed by atoms with van der Waals surface area (Å²) < 4.78 is 0. The van der Waals surface area contributed by atoms with E-state index >= 15 is 0 Å². The van der Waals surface area contributed by atoms with Crippen LogP contribution >= 0.6 is 0 Å². The number of rotatable bonds is 5. The van der Waals surface area contributed by atoms with Gasteiger partial charge in [0.15, 0.2) is 0 Å². The highest BCUT2D eigenvalue weighted by Gasteiger charge is 2.04. The molecule has 0 bridgehead atoms. The molecular weight excluding hydrogens is 174 g/mol. The Hall–Kier alpha value is -1.27. The van der Waals surface area contributed by atoms with Crippen LogP contribution in [0.1, 0.15) is 31.3 Å². The molecule has 76 valence electrons. The molecule has 3 heteroatoms. The zero-order valence-electron chi connectivity index (χ0n) is 8.80. The maximum Gasteiger partial charge on any atom is 0.103 e. The number of aromatic amines is 1. The van der Waals surface area contributed by atoms with E-state index in [4.69, 9.17) is 6.42 Å². The molecular formula is C11H17N3. The minimum atomic E-state index is 0.406. The van der Waals surface area contributed by atoms with Crippen LogP contribution in [0.4, 0.5) is 0 Å². The molecule has 0 aliphatic carbocycles. The zero-order valence-corrected chi connectivity index (χ0v) is 8.80. The van der Waals surface area contributed by atoms with E-state index in [1.54, 1.807) is 0 Å². The van der Waals surface area contributed by atoms with Crippen molar-refractivity contribution in [3.8, 4) is 12.3 Å². The van der Waals surface area contributed by atoms with Crippen LogP contribution < -0.4 is 5.32 Å². The maximum atomic E-state index is 5.27. The standard InChI is InChI=1S/C11H17N3/c1-4-6-10(5-2)13-8-11-7-12-9(3)14-11/h1,7,10,13H,5-6,8H2,2-3H3,(H,12,14). The highest BCUT2D eigenvalue weighted by atomic mass is 15.0. The molecule has 1 aromatic rings. The van der Waals surface area contributed by atoms with E-state index in [2.05, 4.69) is 28.1 Å². The van der Waals surface area contributed by atoms with Gasteiger partial charge in [0.2, 0.25) is 0 Å². The van der Waals surface area contributed by atoms with E-state index in [1.165, 1.54) is 0 Å². The van der Waals surface area contributed by atoms with Crippen LogP contribution in [0.3, 0.4) is 0 Å². The number of nitrogens with one attached hydrogen (secondary N) is 2. The van der Waals surface area contributed by atoms with Gasteiger partial charge in [0.1, 0.15) is 5.82 Å². The summed E-state index contributed by atoms with van der Waals surface area (Å²) in [6, 6.07) is 0.406. The van der Waals surface area contributed by atoms with E-state index in [0.29, 0.717) is 6.04 Å². The Labute approximate surface area is 85.3 Å². The van der Waals surface area contributed by atoms with Crippen LogP contribution in [0.15, 0.2) is 6.20 Å². The Bertz CT molecular complexity index is 309. The Morgan fingerprint density at radius 1 is 1.71 bits per heavy atom. The third-order valence-electron chi connectivity index (χ3n) is 2.19. The molecule has 1 heterocycles. The van der Waals surface area contributed by atoms with Gasteiger partial charge in [-0.1, -0.05) is 6.92 Å². The van der Waals surface area contributed by atoms with Gasteiger partial charge in [-0.2, -0.15) is 0 Å². The number of H-pyrrole nitrogens is 1. The summed E-state index contributed by atoms with van der Waals surface area (Å²) in [5, 5.41) is 3.39. The normalized spacial score (nSPS) is 12.4. The molecule has 1 rings (SSSR count). The van der Waals surface area contributed by atoms with Crippen molar-refractivity contribution in [2.45, 2.75) is 39.3 Å². The zero-order chi connectivity index (χ0) is 10.4. The Kier molecular flexibility index (Phi) is 4.21. The van der Waals surface area contributed by atoms with Crippen molar-refractivity contribution in [1.82, 2.24) is 15.3 Å². The molecule has 0 saturated heterocycles. The molecule has 1 unspecified atom stereocenters. The SMILES string of the molecule is C#CCC(CC)NCc1cnc(C)[nH]1.